The molecule has 4 nitrogen and oxygen atoms in total. The molecular formula is C13H12BrN3OS. The number of aromatic nitrogens is 1. The molecular weight excluding hydrogens is 326 g/mol. The van der Waals surface area contributed by atoms with Crippen LogP contribution >= 0.6 is 27.3 Å². The zero-order valence-electron chi connectivity index (χ0n) is 10.3. The summed E-state index contributed by atoms with van der Waals surface area (Å²) in [6, 6.07) is 4.10. The van der Waals surface area contributed by atoms with Crippen molar-refractivity contribution in [3.8, 4) is 5.75 Å². The number of nitrogens with zero attached hydrogens (tertiary/aromatic N) is 2. The largest absolute Gasteiger partial charge is 0.492 e. The Morgan fingerprint density at radius 2 is 2.42 bits per heavy atom. The van der Waals surface area contributed by atoms with E-state index < -0.39 is 0 Å². The Kier molecular flexibility index (Phi) is 3.52. The summed E-state index contributed by atoms with van der Waals surface area (Å²) in [7, 11) is 0. The van der Waals surface area contributed by atoms with Crippen LogP contribution in [0.25, 0.3) is 0 Å². The second kappa shape index (κ2) is 5.30. The standard InChI is InChI=1S/C13H12BrN3OS/c1-8-7-19-13(16-8)17-15-6-9-4-10-2-3-18-12(10)11(14)5-9/h4-7H,2-3H2,1H3,(H,16,17). The van der Waals surface area contributed by atoms with Crippen molar-refractivity contribution in [1.29, 1.82) is 0 Å². The third-order valence-corrected chi connectivity index (χ3v) is 4.21. The molecule has 1 N–H and O–H groups in total. The number of thiazole rings is 1. The molecule has 1 aromatic carbocycles. The predicted octanol–water partition coefficient (Wildman–Crippen LogP) is 3.59. The quantitative estimate of drug-likeness (QED) is 0.687. The molecule has 0 saturated heterocycles. The third-order valence-electron chi connectivity index (χ3n) is 2.75. The number of anilines is 1. The molecule has 2 aromatic rings. The van der Waals surface area contributed by atoms with Gasteiger partial charge in [0.15, 0.2) is 0 Å². The van der Waals surface area contributed by atoms with Crippen molar-refractivity contribution < 1.29 is 4.74 Å². The Hall–Kier alpha value is -1.40. The van der Waals surface area contributed by atoms with Crippen molar-refractivity contribution in [3.05, 3.63) is 38.8 Å². The van der Waals surface area contributed by atoms with E-state index in [0.717, 1.165) is 39.6 Å². The zero-order valence-corrected chi connectivity index (χ0v) is 12.7. The van der Waals surface area contributed by atoms with E-state index in [2.05, 4.69) is 37.5 Å². The van der Waals surface area contributed by atoms with Crippen LogP contribution in [-0.4, -0.2) is 17.8 Å². The lowest BCUT2D eigenvalue weighted by molar-refractivity contribution is 0.355. The maximum Gasteiger partial charge on any atom is 0.203 e. The number of halogens is 1. The maximum atomic E-state index is 5.55. The van der Waals surface area contributed by atoms with Crippen LogP contribution in [0.2, 0.25) is 0 Å². The van der Waals surface area contributed by atoms with Crippen LogP contribution in [0.5, 0.6) is 5.75 Å². The fraction of sp³-hybridized carbons (Fsp3) is 0.231. The molecule has 0 atom stereocenters. The number of benzene rings is 1. The minimum Gasteiger partial charge on any atom is -0.492 e. The molecule has 2 heterocycles. The first kappa shape index (κ1) is 12.6. The Labute approximate surface area is 123 Å². The molecule has 0 fully saturated rings. The first-order valence-electron chi connectivity index (χ1n) is 5.89. The molecule has 6 heteroatoms. The lowest BCUT2D eigenvalue weighted by Gasteiger charge is -2.03. The molecule has 0 spiro atoms. The van der Waals surface area contributed by atoms with Crippen LogP contribution < -0.4 is 10.2 Å². The molecule has 3 rings (SSSR count). The molecule has 0 amide bonds. The molecule has 0 radical (unpaired) electrons. The highest BCUT2D eigenvalue weighted by Crippen LogP contribution is 2.34. The minimum atomic E-state index is 0.755. The van der Waals surface area contributed by atoms with Gasteiger partial charge in [-0.15, -0.1) is 11.3 Å². The van der Waals surface area contributed by atoms with Crippen molar-refractivity contribution in [2.45, 2.75) is 13.3 Å². The van der Waals surface area contributed by atoms with Crippen LogP contribution in [0, 0.1) is 6.92 Å². The summed E-state index contributed by atoms with van der Waals surface area (Å²) in [5.41, 5.74) is 6.19. The topological polar surface area (TPSA) is 46.5 Å². The van der Waals surface area contributed by atoms with Gasteiger partial charge in [-0.25, -0.2) is 4.98 Å². The minimum absolute atomic E-state index is 0.755. The molecule has 98 valence electrons. The highest BCUT2D eigenvalue weighted by Gasteiger charge is 2.15. The van der Waals surface area contributed by atoms with Gasteiger partial charge >= 0.3 is 0 Å². The van der Waals surface area contributed by atoms with E-state index in [0.29, 0.717) is 0 Å². The van der Waals surface area contributed by atoms with Crippen molar-refractivity contribution in [2.75, 3.05) is 12.0 Å². The lowest BCUT2D eigenvalue weighted by Crippen LogP contribution is -1.91. The predicted molar refractivity (Wildman–Crippen MR) is 81.4 cm³/mol. The molecule has 0 saturated carbocycles. The van der Waals surface area contributed by atoms with Crippen molar-refractivity contribution in [3.63, 3.8) is 0 Å². The van der Waals surface area contributed by atoms with Gasteiger partial charge in [-0.05, 0) is 46.1 Å². The monoisotopic (exact) mass is 337 g/mol. The van der Waals surface area contributed by atoms with E-state index in [1.165, 1.54) is 5.56 Å². The van der Waals surface area contributed by atoms with Gasteiger partial charge in [0, 0.05) is 11.8 Å². The average Bonchev–Trinajstić information content (AvgIpc) is 2.98. The number of ether oxygens (including phenoxy) is 1. The zero-order chi connectivity index (χ0) is 13.2. The van der Waals surface area contributed by atoms with Gasteiger partial charge in [-0.1, -0.05) is 0 Å². The smallest absolute Gasteiger partial charge is 0.203 e. The van der Waals surface area contributed by atoms with Gasteiger partial charge in [0.2, 0.25) is 5.13 Å². The average molecular weight is 338 g/mol. The molecule has 1 aromatic heterocycles. The Bertz CT molecular complexity index is 639. The van der Waals surface area contributed by atoms with Gasteiger partial charge in [0.25, 0.3) is 0 Å². The van der Waals surface area contributed by atoms with Gasteiger partial charge in [-0.2, -0.15) is 5.10 Å². The van der Waals surface area contributed by atoms with Gasteiger partial charge in [-0.3, -0.25) is 5.43 Å². The number of hydrogen-bond acceptors (Lipinski definition) is 5. The molecule has 0 aliphatic carbocycles. The summed E-state index contributed by atoms with van der Waals surface area (Å²) in [5.74, 6) is 0.959. The summed E-state index contributed by atoms with van der Waals surface area (Å²) in [6.45, 7) is 2.72. The molecule has 0 unspecified atom stereocenters. The Balaban J connectivity index is 1.75. The molecule has 1 aliphatic heterocycles. The highest BCUT2D eigenvalue weighted by atomic mass is 79.9. The third kappa shape index (κ3) is 2.79. The number of hydrogen-bond donors (Lipinski definition) is 1. The number of aryl methyl sites for hydroxylation is 1. The first-order valence-corrected chi connectivity index (χ1v) is 7.56. The van der Waals surface area contributed by atoms with Crippen molar-refractivity contribution >= 4 is 38.6 Å². The second-order valence-electron chi connectivity index (χ2n) is 4.25. The fourth-order valence-electron chi connectivity index (χ4n) is 1.93. The van der Waals surface area contributed by atoms with Crippen LogP contribution in [0.3, 0.4) is 0 Å². The first-order chi connectivity index (χ1) is 9.22. The maximum absolute atomic E-state index is 5.55. The van der Waals surface area contributed by atoms with Gasteiger partial charge in [0.05, 0.1) is 23.0 Å². The SMILES string of the molecule is Cc1csc(NN=Cc2cc(Br)c3c(c2)CCO3)n1. The van der Waals surface area contributed by atoms with Crippen LogP contribution in [0.1, 0.15) is 16.8 Å². The van der Waals surface area contributed by atoms with Crippen molar-refractivity contribution in [2.24, 2.45) is 5.10 Å². The second-order valence-corrected chi connectivity index (χ2v) is 5.97. The Morgan fingerprint density at radius 3 is 3.21 bits per heavy atom. The number of hydrazone groups is 1. The highest BCUT2D eigenvalue weighted by molar-refractivity contribution is 9.10. The molecule has 19 heavy (non-hydrogen) atoms. The van der Waals surface area contributed by atoms with Gasteiger partial charge < -0.3 is 4.74 Å². The van der Waals surface area contributed by atoms with Gasteiger partial charge in [0.1, 0.15) is 5.75 Å². The fourth-order valence-corrected chi connectivity index (χ4v) is 3.20. The molecule has 0 bridgehead atoms. The summed E-state index contributed by atoms with van der Waals surface area (Å²) in [4.78, 5) is 4.28. The number of rotatable bonds is 3. The number of fused-ring (bicyclic) bond motifs is 1. The lowest BCUT2D eigenvalue weighted by atomic mass is 10.1. The molecule has 1 aliphatic rings. The normalized spacial score (nSPS) is 13.6. The summed E-state index contributed by atoms with van der Waals surface area (Å²) in [6.07, 6.45) is 2.74. The van der Waals surface area contributed by atoms with Crippen molar-refractivity contribution in [1.82, 2.24) is 4.98 Å². The summed E-state index contributed by atoms with van der Waals surface area (Å²) >= 11 is 5.06. The van der Waals surface area contributed by atoms with E-state index in [1.54, 1.807) is 17.6 Å². The number of nitrogens with one attached hydrogen (secondary N) is 1. The van der Waals surface area contributed by atoms with E-state index in [4.69, 9.17) is 4.74 Å². The van der Waals surface area contributed by atoms with E-state index in [9.17, 15) is 0 Å². The van der Waals surface area contributed by atoms with E-state index in [1.807, 2.05) is 18.4 Å². The van der Waals surface area contributed by atoms with Crippen LogP contribution in [0.4, 0.5) is 5.13 Å². The Morgan fingerprint density at radius 1 is 1.53 bits per heavy atom. The summed E-state index contributed by atoms with van der Waals surface area (Å²) < 4.78 is 6.53. The van der Waals surface area contributed by atoms with E-state index >= 15 is 0 Å². The van der Waals surface area contributed by atoms with E-state index in [-0.39, 0.29) is 0 Å². The summed E-state index contributed by atoms with van der Waals surface area (Å²) in [5, 5.41) is 6.99. The van der Waals surface area contributed by atoms with Crippen LogP contribution in [0.15, 0.2) is 27.1 Å². The van der Waals surface area contributed by atoms with Crippen LogP contribution in [-0.2, 0) is 6.42 Å².